The molecule has 0 aliphatic carbocycles. The fourth-order valence-corrected chi connectivity index (χ4v) is 2.50. The van der Waals surface area contributed by atoms with Crippen LogP contribution in [-0.4, -0.2) is 38.0 Å². The van der Waals surface area contributed by atoms with Gasteiger partial charge in [-0.15, -0.1) is 0 Å². The Balaban J connectivity index is 1.80. The van der Waals surface area contributed by atoms with Crippen molar-refractivity contribution in [3.63, 3.8) is 0 Å². The molecule has 2 aromatic rings. The van der Waals surface area contributed by atoms with E-state index in [2.05, 4.69) is 10.6 Å². The van der Waals surface area contributed by atoms with Crippen molar-refractivity contribution in [1.82, 2.24) is 5.32 Å². The van der Waals surface area contributed by atoms with E-state index in [1.807, 2.05) is 6.92 Å². The summed E-state index contributed by atoms with van der Waals surface area (Å²) in [6.07, 6.45) is 0. The number of anilines is 1. The lowest BCUT2D eigenvalue weighted by Gasteiger charge is -2.11. The summed E-state index contributed by atoms with van der Waals surface area (Å²) < 4.78 is 10.1. The van der Waals surface area contributed by atoms with Gasteiger partial charge in [0.1, 0.15) is 5.75 Å². The van der Waals surface area contributed by atoms with Crippen LogP contribution in [0.2, 0.25) is 5.02 Å². The van der Waals surface area contributed by atoms with Crippen molar-refractivity contribution in [3.05, 3.63) is 58.1 Å². The summed E-state index contributed by atoms with van der Waals surface area (Å²) in [6, 6.07) is 9.97. The molecule has 2 rings (SSSR count). The highest BCUT2D eigenvalue weighted by molar-refractivity contribution is 6.31. The lowest BCUT2D eigenvalue weighted by molar-refractivity contribution is -0.126. The highest BCUT2D eigenvalue weighted by Gasteiger charge is 2.13. The zero-order valence-electron chi connectivity index (χ0n) is 15.8. The van der Waals surface area contributed by atoms with Crippen molar-refractivity contribution >= 4 is 35.1 Å². The van der Waals surface area contributed by atoms with Gasteiger partial charge in [0.05, 0.1) is 19.2 Å². The van der Waals surface area contributed by atoms with Crippen LogP contribution in [0.4, 0.5) is 5.69 Å². The molecule has 0 aliphatic rings. The van der Waals surface area contributed by atoms with Crippen LogP contribution in [0.3, 0.4) is 0 Å². The predicted octanol–water partition coefficient (Wildman–Crippen LogP) is 2.88. The molecular formula is C20H21ClN2O5. The Labute approximate surface area is 168 Å². The third-order valence-electron chi connectivity index (χ3n) is 3.97. The first-order valence-electron chi connectivity index (χ1n) is 8.45. The number of amides is 2. The number of carbonyl (C=O) groups is 3. The number of halogens is 1. The van der Waals surface area contributed by atoms with Crippen LogP contribution in [0.1, 0.15) is 21.5 Å². The molecular weight excluding hydrogens is 384 g/mol. The van der Waals surface area contributed by atoms with Crippen molar-refractivity contribution in [2.24, 2.45) is 0 Å². The van der Waals surface area contributed by atoms with Gasteiger partial charge in [-0.3, -0.25) is 9.59 Å². The molecule has 2 aromatic carbocycles. The molecule has 148 valence electrons. The lowest BCUT2D eigenvalue weighted by Crippen LogP contribution is -2.35. The number of aryl methyl sites for hydroxylation is 1. The molecule has 0 heterocycles. The van der Waals surface area contributed by atoms with Crippen molar-refractivity contribution in [2.45, 2.75) is 13.8 Å². The van der Waals surface area contributed by atoms with Crippen LogP contribution >= 0.6 is 11.6 Å². The van der Waals surface area contributed by atoms with Crippen molar-refractivity contribution in [2.75, 3.05) is 25.6 Å². The third kappa shape index (κ3) is 5.72. The summed E-state index contributed by atoms with van der Waals surface area (Å²) in [5, 5.41) is 5.57. The summed E-state index contributed by atoms with van der Waals surface area (Å²) >= 11 is 6.00. The molecule has 0 bridgehead atoms. The molecule has 2 amide bonds. The second-order valence-corrected chi connectivity index (χ2v) is 6.41. The van der Waals surface area contributed by atoms with Crippen LogP contribution in [-0.2, 0) is 14.3 Å². The van der Waals surface area contributed by atoms with Gasteiger partial charge in [-0.1, -0.05) is 23.7 Å². The lowest BCUT2D eigenvalue weighted by atomic mass is 10.1. The van der Waals surface area contributed by atoms with Crippen LogP contribution in [0.15, 0.2) is 36.4 Å². The molecule has 0 fully saturated rings. The quantitative estimate of drug-likeness (QED) is 0.692. The van der Waals surface area contributed by atoms with E-state index >= 15 is 0 Å². The number of methoxy groups -OCH3 is 1. The van der Waals surface area contributed by atoms with E-state index in [4.69, 9.17) is 21.1 Å². The van der Waals surface area contributed by atoms with Crippen molar-refractivity contribution in [3.8, 4) is 5.75 Å². The Morgan fingerprint density at radius 1 is 1.07 bits per heavy atom. The van der Waals surface area contributed by atoms with Gasteiger partial charge in [0.2, 0.25) is 5.91 Å². The number of benzene rings is 2. The van der Waals surface area contributed by atoms with Gasteiger partial charge in [0.25, 0.3) is 5.91 Å². The first kappa shape index (κ1) is 21.2. The van der Waals surface area contributed by atoms with Gasteiger partial charge in [-0.2, -0.15) is 0 Å². The maximum absolute atomic E-state index is 12.0. The zero-order valence-corrected chi connectivity index (χ0v) is 16.6. The van der Waals surface area contributed by atoms with Crippen LogP contribution < -0.4 is 15.4 Å². The Morgan fingerprint density at radius 3 is 2.54 bits per heavy atom. The number of esters is 1. The highest BCUT2D eigenvalue weighted by atomic mass is 35.5. The van der Waals surface area contributed by atoms with E-state index in [-0.39, 0.29) is 12.1 Å². The van der Waals surface area contributed by atoms with Crippen LogP contribution in [0, 0.1) is 13.8 Å². The summed E-state index contributed by atoms with van der Waals surface area (Å²) in [7, 11) is 1.50. The van der Waals surface area contributed by atoms with Gasteiger partial charge < -0.3 is 20.1 Å². The Kier molecular flexibility index (Phi) is 7.40. The second kappa shape index (κ2) is 9.75. The number of nitrogens with one attached hydrogen (secondary N) is 2. The summed E-state index contributed by atoms with van der Waals surface area (Å²) in [5.41, 5.74) is 2.43. The first-order chi connectivity index (χ1) is 13.3. The average molecular weight is 405 g/mol. The monoisotopic (exact) mass is 404 g/mol. The molecule has 0 radical (unpaired) electrons. The number of hydrogen-bond donors (Lipinski definition) is 2. The summed E-state index contributed by atoms with van der Waals surface area (Å²) in [6.45, 7) is 2.85. The highest BCUT2D eigenvalue weighted by Crippen LogP contribution is 2.22. The van der Waals surface area contributed by atoms with Gasteiger partial charge in [0, 0.05) is 10.7 Å². The normalized spacial score (nSPS) is 10.1. The van der Waals surface area contributed by atoms with Crippen LogP contribution in [0.25, 0.3) is 0 Å². The number of carbonyl (C=O) groups excluding carboxylic acids is 3. The fraction of sp³-hybridized carbons (Fsp3) is 0.250. The minimum Gasteiger partial charge on any atom is -0.496 e. The van der Waals surface area contributed by atoms with E-state index in [0.717, 1.165) is 11.1 Å². The molecule has 0 aliphatic heterocycles. The van der Waals surface area contributed by atoms with E-state index < -0.39 is 24.4 Å². The molecule has 2 N–H and O–H groups in total. The second-order valence-electron chi connectivity index (χ2n) is 6.00. The number of rotatable bonds is 7. The zero-order chi connectivity index (χ0) is 20.7. The smallest absolute Gasteiger partial charge is 0.338 e. The third-order valence-corrected chi connectivity index (χ3v) is 4.38. The fourth-order valence-electron chi connectivity index (χ4n) is 2.33. The maximum Gasteiger partial charge on any atom is 0.338 e. The summed E-state index contributed by atoms with van der Waals surface area (Å²) in [5.74, 6) is -1.13. The molecule has 0 aromatic heterocycles. The van der Waals surface area contributed by atoms with Crippen LogP contribution in [0.5, 0.6) is 5.75 Å². The molecule has 0 saturated heterocycles. The largest absolute Gasteiger partial charge is 0.496 e. The Morgan fingerprint density at radius 2 is 1.82 bits per heavy atom. The molecule has 0 saturated carbocycles. The van der Waals surface area contributed by atoms with E-state index in [9.17, 15) is 14.4 Å². The molecule has 7 nitrogen and oxygen atoms in total. The molecule has 0 atom stereocenters. The van der Waals surface area contributed by atoms with Gasteiger partial charge in [-0.05, 0) is 49.2 Å². The topological polar surface area (TPSA) is 93.7 Å². The molecule has 8 heteroatoms. The first-order valence-corrected chi connectivity index (χ1v) is 8.83. The van der Waals surface area contributed by atoms with E-state index in [1.54, 1.807) is 37.3 Å². The van der Waals surface area contributed by atoms with Gasteiger partial charge in [0.15, 0.2) is 6.61 Å². The van der Waals surface area contributed by atoms with Gasteiger partial charge in [-0.25, -0.2) is 4.79 Å². The number of hydrogen-bond acceptors (Lipinski definition) is 5. The van der Waals surface area contributed by atoms with Crippen molar-refractivity contribution in [1.29, 1.82) is 0 Å². The number of ether oxygens (including phenoxy) is 2. The molecule has 0 spiro atoms. The minimum atomic E-state index is -0.660. The predicted molar refractivity (Wildman–Crippen MR) is 106 cm³/mol. The van der Waals surface area contributed by atoms with E-state index in [0.29, 0.717) is 16.5 Å². The average Bonchev–Trinajstić information content (AvgIpc) is 2.68. The van der Waals surface area contributed by atoms with Crippen molar-refractivity contribution < 1.29 is 23.9 Å². The minimum absolute atomic E-state index is 0.263. The SMILES string of the molecule is COc1cc(C(=O)OCC(=O)NCC(=O)Nc2cccc(Cl)c2C)ccc1C. The maximum atomic E-state index is 12.0. The Hall–Kier alpha value is -3.06. The van der Waals surface area contributed by atoms with E-state index in [1.165, 1.54) is 13.2 Å². The standard InChI is InChI=1S/C20H21ClN2O5/c1-12-7-8-14(9-17(12)27-3)20(26)28-11-19(25)22-10-18(24)23-16-6-4-5-15(21)13(16)2/h4-9H,10-11H2,1-3H3,(H,22,25)(H,23,24). The molecule has 28 heavy (non-hydrogen) atoms. The van der Waals surface area contributed by atoms with Gasteiger partial charge >= 0.3 is 5.97 Å². The molecule has 0 unspecified atom stereocenters. The summed E-state index contributed by atoms with van der Waals surface area (Å²) in [4.78, 5) is 35.8. The Bertz CT molecular complexity index is 898.